The largest absolute Gasteiger partial charge is 0.387 e. The van der Waals surface area contributed by atoms with Gasteiger partial charge in [-0.05, 0) is 25.3 Å². The fraction of sp³-hybridized carbons (Fsp3) is 0.364. The van der Waals surface area contributed by atoms with Crippen molar-refractivity contribution < 1.29 is 5.11 Å². The van der Waals surface area contributed by atoms with Crippen LogP contribution in [0, 0.1) is 5.41 Å². The minimum absolute atomic E-state index is 0.343. The van der Waals surface area contributed by atoms with Crippen molar-refractivity contribution in [2.45, 2.75) is 25.9 Å². The van der Waals surface area contributed by atoms with Crippen LogP contribution in [0.15, 0.2) is 30.3 Å². The fourth-order valence-electron chi connectivity index (χ4n) is 1.16. The van der Waals surface area contributed by atoms with Gasteiger partial charge >= 0.3 is 0 Å². The fourth-order valence-corrected chi connectivity index (χ4v) is 1.16. The van der Waals surface area contributed by atoms with Crippen LogP contribution in [0.2, 0.25) is 0 Å². The predicted octanol–water partition coefficient (Wildman–Crippen LogP) is 2.02. The molecule has 0 bridgehead atoms. The summed E-state index contributed by atoms with van der Waals surface area (Å²) in [7, 11) is 0. The summed E-state index contributed by atoms with van der Waals surface area (Å²) >= 11 is 0. The van der Waals surface area contributed by atoms with Crippen molar-refractivity contribution in [3.8, 4) is 0 Å². The number of hydrogen-bond acceptors (Lipinski definition) is 2. The van der Waals surface area contributed by atoms with Gasteiger partial charge in [0.05, 0.1) is 6.10 Å². The van der Waals surface area contributed by atoms with Crippen LogP contribution < -0.4 is 0 Å². The third-order valence-electron chi connectivity index (χ3n) is 2.05. The van der Waals surface area contributed by atoms with Crippen molar-refractivity contribution >= 4 is 5.71 Å². The molecule has 0 aromatic heterocycles. The summed E-state index contributed by atoms with van der Waals surface area (Å²) in [4.78, 5) is 0. The first-order chi connectivity index (χ1) is 6.20. The van der Waals surface area contributed by atoms with Crippen LogP contribution in [-0.4, -0.2) is 16.9 Å². The molecule has 0 heterocycles. The van der Waals surface area contributed by atoms with E-state index in [1.807, 2.05) is 30.3 Å². The van der Waals surface area contributed by atoms with Crippen molar-refractivity contribution in [1.82, 2.24) is 0 Å². The molecule has 0 fully saturated rings. The van der Waals surface area contributed by atoms with Gasteiger partial charge in [-0.25, -0.2) is 0 Å². The van der Waals surface area contributed by atoms with Crippen molar-refractivity contribution in [2.24, 2.45) is 0 Å². The van der Waals surface area contributed by atoms with E-state index in [0.717, 1.165) is 6.42 Å². The molecule has 0 saturated heterocycles. The number of hydrogen-bond donors (Lipinski definition) is 2. The number of benzene rings is 1. The molecular formula is C11H15NO. The zero-order valence-electron chi connectivity index (χ0n) is 7.83. The molecule has 1 aromatic rings. The van der Waals surface area contributed by atoms with Crippen LogP contribution in [0.25, 0.3) is 0 Å². The molecule has 2 heteroatoms. The Bertz CT molecular complexity index is 269. The first-order valence-corrected chi connectivity index (χ1v) is 4.47. The van der Waals surface area contributed by atoms with Gasteiger partial charge in [-0.1, -0.05) is 30.3 Å². The van der Waals surface area contributed by atoms with Gasteiger partial charge in [0.1, 0.15) is 0 Å². The van der Waals surface area contributed by atoms with Crippen LogP contribution in [0.4, 0.5) is 0 Å². The lowest BCUT2D eigenvalue weighted by molar-refractivity contribution is 0.229. The molecule has 70 valence electrons. The molecule has 0 aliphatic rings. The molecule has 2 N–H and O–H groups in total. The van der Waals surface area contributed by atoms with Crippen LogP contribution in [0.3, 0.4) is 0 Å². The van der Waals surface area contributed by atoms with E-state index in [4.69, 9.17) is 5.41 Å². The lowest BCUT2D eigenvalue weighted by Gasteiger charge is -2.07. The zero-order valence-corrected chi connectivity index (χ0v) is 7.83. The minimum Gasteiger partial charge on any atom is -0.387 e. The summed E-state index contributed by atoms with van der Waals surface area (Å²) < 4.78 is 0. The minimum atomic E-state index is -0.583. The smallest absolute Gasteiger partial charge is 0.0914 e. The Morgan fingerprint density at radius 1 is 1.38 bits per heavy atom. The maximum absolute atomic E-state index is 9.36. The Kier molecular flexibility index (Phi) is 3.65. The lowest BCUT2D eigenvalue weighted by atomic mass is 10.0. The molecule has 2 nitrogen and oxygen atoms in total. The average Bonchev–Trinajstić information content (AvgIpc) is 2.15. The third-order valence-corrected chi connectivity index (χ3v) is 2.05. The van der Waals surface area contributed by atoms with Crippen molar-refractivity contribution in [3.05, 3.63) is 35.9 Å². The molecule has 0 amide bonds. The quantitative estimate of drug-likeness (QED) is 0.679. The van der Waals surface area contributed by atoms with Gasteiger partial charge in [0.2, 0.25) is 0 Å². The second kappa shape index (κ2) is 4.77. The Hall–Kier alpha value is -1.15. The van der Waals surface area contributed by atoms with E-state index < -0.39 is 6.10 Å². The predicted molar refractivity (Wildman–Crippen MR) is 54.2 cm³/mol. The Morgan fingerprint density at radius 2 is 2.00 bits per heavy atom. The van der Waals surface area contributed by atoms with Gasteiger partial charge in [0.25, 0.3) is 0 Å². The summed E-state index contributed by atoms with van der Waals surface area (Å²) in [5.41, 5.74) is 1.55. The standard InChI is InChI=1S/C11H15NO/c1-9(12)11(13)8-7-10-5-3-2-4-6-10/h2-6,11-13H,7-8H2,1H3. The maximum atomic E-state index is 9.36. The van der Waals surface area contributed by atoms with Gasteiger partial charge in [0.15, 0.2) is 0 Å². The van der Waals surface area contributed by atoms with Crippen LogP contribution in [-0.2, 0) is 6.42 Å². The topological polar surface area (TPSA) is 44.1 Å². The summed E-state index contributed by atoms with van der Waals surface area (Å²) in [5.74, 6) is 0. The van der Waals surface area contributed by atoms with Gasteiger partial charge in [0, 0.05) is 5.71 Å². The number of aliphatic hydroxyl groups excluding tert-OH is 1. The van der Waals surface area contributed by atoms with E-state index in [-0.39, 0.29) is 0 Å². The molecule has 0 aliphatic heterocycles. The second-order valence-corrected chi connectivity index (χ2v) is 3.22. The van der Waals surface area contributed by atoms with E-state index >= 15 is 0 Å². The van der Waals surface area contributed by atoms with Crippen LogP contribution in [0.5, 0.6) is 0 Å². The molecule has 0 spiro atoms. The first-order valence-electron chi connectivity index (χ1n) is 4.47. The monoisotopic (exact) mass is 177 g/mol. The molecule has 0 radical (unpaired) electrons. The summed E-state index contributed by atoms with van der Waals surface area (Å²) in [6.45, 7) is 1.63. The maximum Gasteiger partial charge on any atom is 0.0914 e. The highest BCUT2D eigenvalue weighted by Crippen LogP contribution is 2.05. The highest BCUT2D eigenvalue weighted by Gasteiger charge is 2.05. The van der Waals surface area contributed by atoms with Gasteiger partial charge in [-0.2, -0.15) is 0 Å². The molecule has 0 saturated carbocycles. The van der Waals surface area contributed by atoms with E-state index in [0.29, 0.717) is 12.1 Å². The second-order valence-electron chi connectivity index (χ2n) is 3.22. The summed E-state index contributed by atoms with van der Waals surface area (Å²) in [6, 6.07) is 10.0. The molecule has 1 aromatic carbocycles. The average molecular weight is 177 g/mol. The summed E-state index contributed by atoms with van der Waals surface area (Å²) in [5, 5.41) is 16.6. The number of aryl methyl sites for hydroxylation is 1. The molecule has 1 unspecified atom stereocenters. The lowest BCUT2D eigenvalue weighted by Crippen LogP contribution is -2.16. The number of rotatable bonds is 4. The molecule has 0 aliphatic carbocycles. The van der Waals surface area contributed by atoms with Gasteiger partial charge in [-0.3, -0.25) is 0 Å². The Balaban J connectivity index is 2.39. The normalized spacial score (nSPS) is 12.5. The van der Waals surface area contributed by atoms with E-state index in [1.54, 1.807) is 6.92 Å². The molecular weight excluding hydrogens is 162 g/mol. The van der Waals surface area contributed by atoms with E-state index in [9.17, 15) is 5.11 Å². The van der Waals surface area contributed by atoms with E-state index in [1.165, 1.54) is 5.56 Å². The molecule has 1 atom stereocenters. The van der Waals surface area contributed by atoms with Crippen LogP contribution in [0.1, 0.15) is 18.9 Å². The van der Waals surface area contributed by atoms with E-state index in [2.05, 4.69) is 0 Å². The van der Waals surface area contributed by atoms with Gasteiger partial charge in [-0.15, -0.1) is 0 Å². The Morgan fingerprint density at radius 3 is 2.54 bits per heavy atom. The molecule has 13 heavy (non-hydrogen) atoms. The van der Waals surface area contributed by atoms with Crippen molar-refractivity contribution in [3.63, 3.8) is 0 Å². The Labute approximate surface area is 78.7 Å². The molecule has 1 rings (SSSR count). The number of aliphatic hydroxyl groups is 1. The summed E-state index contributed by atoms with van der Waals surface area (Å²) in [6.07, 6.45) is 0.887. The van der Waals surface area contributed by atoms with Crippen LogP contribution >= 0.6 is 0 Å². The highest BCUT2D eigenvalue weighted by molar-refractivity contribution is 5.82. The van der Waals surface area contributed by atoms with Crippen molar-refractivity contribution in [1.29, 1.82) is 5.41 Å². The highest BCUT2D eigenvalue weighted by atomic mass is 16.3. The number of nitrogens with one attached hydrogen (secondary N) is 1. The first kappa shape index (κ1) is 9.93. The SMILES string of the molecule is CC(=N)C(O)CCc1ccccc1. The third kappa shape index (κ3) is 3.38. The van der Waals surface area contributed by atoms with Gasteiger partial charge < -0.3 is 10.5 Å². The van der Waals surface area contributed by atoms with Crippen molar-refractivity contribution in [2.75, 3.05) is 0 Å². The zero-order chi connectivity index (χ0) is 9.68.